The molecule has 0 radical (unpaired) electrons. The largest absolute Gasteiger partial charge is 0.501 e. The van der Waals surface area contributed by atoms with Crippen molar-refractivity contribution < 1.29 is 9.53 Å². The second kappa shape index (κ2) is 4.19. The van der Waals surface area contributed by atoms with Gasteiger partial charge < -0.3 is 4.74 Å². The summed E-state index contributed by atoms with van der Waals surface area (Å²) >= 11 is 15.8. The van der Waals surface area contributed by atoms with Crippen molar-refractivity contribution in [3.8, 4) is 0 Å². The number of allylic oxidation sites excluding steroid dienone is 1. The van der Waals surface area contributed by atoms with Crippen molar-refractivity contribution >= 4 is 40.6 Å². The number of hydrogen-bond acceptors (Lipinski definition) is 2. The van der Waals surface area contributed by atoms with Crippen LogP contribution in [0.1, 0.15) is 6.42 Å². The molecule has 0 saturated heterocycles. The number of Topliss-reactive ketones (excluding diaryl/α,β-unsaturated/α-hetero) is 1. The average Bonchev–Trinajstić information content (AvgIpc) is 1.85. The number of hydrogen-bond donors (Lipinski definition) is 0. The SMILES string of the molecule is C=C(CC(=O)C(Cl)(Cl)Cl)OC. The Morgan fingerprint density at radius 1 is 1.55 bits per heavy atom. The second-order valence-corrected chi connectivity index (χ2v) is 4.12. The van der Waals surface area contributed by atoms with Crippen molar-refractivity contribution in [2.45, 2.75) is 10.2 Å². The molecule has 0 fully saturated rings. The summed E-state index contributed by atoms with van der Waals surface area (Å²) in [4.78, 5) is 10.9. The number of halogens is 3. The first-order valence-electron chi connectivity index (χ1n) is 2.69. The first-order valence-corrected chi connectivity index (χ1v) is 3.83. The molecule has 0 spiro atoms. The van der Waals surface area contributed by atoms with E-state index in [9.17, 15) is 4.79 Å². The number of ether oxygens (including phenoxy) is 1. The van der Waals surface area contributed by atoms with E-state index in [4.69, 9.17) is 34.8 Å². The minimum atomic E-state index is -1.87. The summed E-state index contributed by atoms with van der Waals surface area (Å²) in [5.74, 6) is -0.268. The zero-order chi connectivity index (χ0) is 9.07. The third kappa shape index (κ3) is 4.51. The van der Waals surface area contributed by atoms with Gasteiger partial charge in [-0.1, -0.05) is 41.4 Å². The Labute approximate surface area is 80.1 Å². The van der Waals surface area contributed by atoms with Crippen LogP contribution in [0.2, 0.25) is 0 Å². The molecule has 0 heterocycles. The molecule has 0 rings (SSSR count). The number of alkyl halides is 3. The summed E-state index contributed by atoms with van der Waals surface area (Å²) in [5, 5.41) is 0. The first-order chi connectivity index (χ1) is 4.88. The fourth-order valence-electron chi connectivity index (χ4n) is 0.351. The highest BCUT2D eigenvalue weighted by molar-refractivity contribution is 6.76. The standard InChI is InChI=1S/C6H7Cl3O2/c1-4(11-2)3-5(10)6(7,8)9/h1,3H2,2H3. The lowest BCUT2D eigenvalue weighted by Gasteiger charge is -2.09. The van der Waals surface area contributed by atoms with E-state index in [1.807, 2.05) is 0 Å². The molecule has 0 aliphatic heterocycles. The molecule has 0 N–H and O–H groups in total. The van der Waals surface area contributed by atoms with Crippen LogP contribution in [0, 0.1) is 0 Å². The van der Waals surface area contributed by atoms with Crippen molar-refractivity contribution in [2.24, 2.45) is 0 Å². The maximum atomic E-state index is 10.9. The predicted molar refractivity (Wildman–Crippen MR) is 46.1 cm³/mol. The van der Waals surface area contributed by atoms with Crippen LogP contribution in [0.3, 0.4) is 0 Å². The number of rotatable bonds is 3. The van der Waals surface area contributed by atoms with Gasteiger partial charge in [0.15, 0.2) is 5.78 Å². The summed E-state index contributed by atoms with van der Waals surface area (Å²) in [6.45, 7) is 3.41. The first kappa shape index (κ1) is 11.1. The minimum absolute atomic E-state index is 0.0764. The monoisotopic (exact) mass is 216 g/mol. The summed E-state index contributed by atoms with van der Waals surface area (Å²) < 4.78 is 2.75. The zero-order valence-electron chi connectivity index (χ0n) is 5.86. The maximum Gasteiger partial charge on any atom is 0.249 e. The van der Waals surface area contributed by atoms with Crippen LogP contribution in [0.4, 0.5) is 0 Å². The van der Waals surface area contributed by atoms with Gasteiger partial charge in [0.1, 0.15) is 0 Å². The average molecular weight is 217 g/mol. The van der Waals surface area contributed by atoms with Crippen molar-refractivity contribution in [3.63, 3.8) is 0 Å². The molecule has 0 bridgehead atoms. The molecular weight excluding hydrogens is 210 g/mol. The van der Waals surface area contributed by atoms with E-state index in [1.54, 1.807) is 0 Å². The van der Waals surface area contributed by atoms with Gasteiger partial charge >= 0.3 is 0 Å². The molecular formula is C6H7Cl3O2. The van der Waals surface area contributed by atoms with E-state index in [-0.39, 0.29) is 12.2 Å². The third-order valence-electron chi connectivity index (χ3n) is 0.963. The number of ketones is 1. The summed E-state index contributed by atoms with van der Waals surface area (Å²) in [7, 11) is 1.40. The molecule has 0 atom stereocenters. The fourth-order valence-corrected chi connectivity index (χ4v) is 0.552. The van der Waals surface area contributed by atoms with E-state index < -0.39 is 9.58 Å². The third-order valence-corrected chi connectivity index (χ3v) is 1.59. The van der Waals surface area contributed by atoms with Crippen LogP contribution < -0.4 is 0 Å². The van der Waals surface area contributed by atoms with Crippen LogP contribution in [0.25, 0.3) is 0 Å². The van der Waals surface area contributed by atoms with E-state index in [2.05, 4.69) is 11.3 Å². The smallest absolute Gasteiger partial charge is 0.249 e. The Bertz CT molecular complexity index is 171. The summed E-state index contributed by atoms with van der Waals surface area (Å²) in [6, 6.07) is 0. The van der Waals surface area contributed by atoms with E-state index in [1.165, 1.54) is 7.11 Å². The van der Waals surface area contributed by atoms with Crippen molar-refractivity contribution in [3.05, 3.63) is 12.3 Å². The Kier molecular flexibility index (Phi) is 4.22. The molecule has 0 amide bonds. The van der Waals surface area contributed by atoms with E-state index in [0.717, 1.165) is 0 Å². The van der Waals surface area contributed by atoms with Gasteiger partial charge in [-0.25, -0.2) is 0 Å². The number of methoxy groups -OCH3 is 1. The van der Waals surface area contributed by atoms with Gasteiger partial charge in [-0.3, -0.25) is 4.79 Å². The van der Waals surface area contributed by atoms with Gasteiger partial charge in [0, 0.05) is 0 Å². The lowest BCUT2D eigenvalue weighted by molar-refractivity contribution is -0.118. The summed E-state index contributed by atoms with van der Waals surface area (Å²) in [5.41, 5.74) is 0. The lowest BCUT2D eigenvalue weighted by atomic mass is 10.3. The molecule has 64 valence electrons. The Hall–Kier alpha value is 0.0800. The van der Waals surface area contributed by atoms with Crippen LogP contribution in [0.15, 0.2) is 12.3 Å². The van der Waals surface area contributed by atoms with Crippen LogP contribution >= 0.6 is 34.8 Å². The summed E-state index contributed by atoms with van der Waals surface area (Å²) in [6.07, 6.45) is -0.0764. The van der Waals surface area contributed by atoms with Gasteiger partial charge in [-0.15, -0.1) is 0 Å². The van der Waals surface area contributed by atoms with Gasteiger partial charge in [0.05, 0.1) is 19.3 Å². The molecule has 0 aromatic heterocycles. The quantitative estimate of drug-likeness (QED) is 0.536. The van der Waals surface area contributed by atoms with Crippen molar-refractivity contribution in [1.29, 1.82) is 0 Å². The molecule has 11 heavy (non-hydrogen) atoms. The highest BCUT2D eigenvalue weighted by Crippen LogP contribution is 2.29. The van der Waals surface area contributed by atoms with E-state index in [0.29, 0.717) is 0 Å². The van der Waals surface area contributed by atoms with Gasteiger partial charge in [-0.2, -0.15) is 0 Å². The fraction of sp³-hybridized carbons (Fsp3) is 0.500. The molecule has 0 aromatic rings. The van der Waals surface area contributed by atoms with Crippen molar-refractivity contribution in [1.82, 2.24) is 0 Å². The van der Waals surface area contributed by atoms with Crippen molar-refractivity contribution in [2.75, 3.05) is 7.11 Å². The van der Waals surface area contributed by atoms with Gasteiger partial charge in [0.25, 0.3) is 0 Å². The minimum Gasteiger partial charge on any atom is -0.501 e. The van der Waals surface area contributed by atoms with Crippen LogP contribution in [-0.2, 0) is 9.53 Å². The second-order valence-electron chi connectivity index (χ2n) is 1.84. The van der Waals surface area contributed by atoms with Crippen LogP contribution in [-0.4, -0.2) is 16.7 Å². The molecule has 0 aromatic carbocycles. The van der Waals surface area contributed by atoms with Crippen LogP contribution in [0.5, 0.6) is 0 Å². The molecule has 2 nitrogen and oxygen atoms in total. The molecule has 0 aliphatic carbocycles. The lowest BCUT2D eigenvalue weighted by Crippen LogP contribution is -2.19. The number of carbonyl (C=O) groups is 1. The highest BCUT2D eigenvalue weighted by Gasteiger charge is 2.30. The van der Waals surface area contributed by atoms with Gasteiger partial charge in [-0.05, 0) is 0 Å². The normalized spacial score (nSPS) is 10.9. The molecule has 0 aliphatic rings. The Morgan fingerprint density at radius 2 is 2.00 bits per heavy atom. The Balaban J connectivity index is 3.99. The van der Waals surface area contributed by atoms with Gasteiger partial charge in [0.2, 0.25) is 3.79 Å². The molecule has 0 unspecified atom stereocenters. The highest BCUT2D eigenvalue weighted by atomic mass is 35.6. The van der Waals surface area contributed by atoms with E-state index >= 15 is 0 Å². The Morgan fingerprint density at radius 3 is 2.27 bits per heavy atom. The predicted octanol–water partition coefficient (Wildman–Crippen LogP) is 2.48. The molecule has 5 heteroatoms. The zero-order valence-corrected chi connectivity index (χ0v) is 8.13. The molecule has 0 saturated carbocycles. The maximum absolute atomic E-state index is 10.9. The topological polar surface area (TPSA) is 26.3 Å². The number of carbonyl (C=O) groups excluding carboxylic acids is 1.